The van der Waals surface area contributed by atoms with E-state index in [0.29, 0.717) is 11.1 Å². The van der Waals surface area contributed by atoms with Gasteiger partial charge in [0.1, 0.15) is 0 Å². The Balaban J connectivity index is 2.24. The van der Waals surface area contributed by atoms with Crippen molar-refractivity contribution in [3.05, 3.63) is 59.7 Å². The molecule has 2 aromatic carbocycles. The number of carbonyl (C=O) groups excluding carboxylic acids is 3. The number of esters is 1. The largest absolute Gasteiger partial charge is 0.504 e. The number of ketones is 2. The van der Waals surface area contributed by atoms with Gasteiger partial charge in [-0.1, -0.05) is 24.3 Å². The predicted octanol–water partition coefficient (Wildman–Crippen LogP) is 3.55. The monoisotopic (exact) mass is 454 g/mol. The van der Waals surface area contributed by atoms with E-state index in [1.165, 1.54) is 62.8 Å². The van der Waals surface area contributed by atoms with Gasteiger partial charge >= 0.3 is 5.97 Å². The minimum Gasteiger partial charge on any atom is -0.504 e. The fourth-order valence-electron chi connectivity index (χ4n) is 2.91. The van der Waals surface area contributed by atoms with E-state index in [4.69, 9.17) is 14.2 Å². The van der Waals surface area contributed by atoms with E-state index in [9.17, 15) is 24.6 Å². The Morgan fingerprint density at radius 1 is 0.848 bits per heavy atom. The fraction of sp³-hybridized carbons (Fsp3) is 0.240. The van der Waals surface area contributed by atoms with Gasteiger partial charge in [0.25, 0.3) is 0 Å². The number of allylic oxidation sites excluding steroid dienone is 2. The van der Waals surface area contributed by atoms with Crippen LogP contribution < -0.4 is 9.47 Å². The van der Waals surface area contributed by atoms with Crippen molar-refractivity contribution in [2.24, 2.45) is 5.92 Å². The van der Waals surface area contributed by atoms with Crippen molar-refractivity contribution >= 4 is 29.7 Å². The maximum atomic E-state index is 12.8. The first-order chi connectivity index (χ1) is 15.8. The quantitative estimate of drug-likeness (QED) is 0.301. The highest BCUT2D eigenvalue weighted by atomic mass is 16.5. The summed E-state index contributed by atoms with van der Waals surface area (Å²) < 4.78 is 15.0. The van der Waals surface area contributed by atoms with Crippen LogP contribution in [0.2, 0.25) is 0 Å². The average Bonchev–Trinajstić information content (AvgIpc) is 2.81. The van der Waals surface area contributed by atoms with Gasteiger partial charge in [-0.15, -0.1) is 0 Å². The second-order valence-electron chi connectivity index (χ2n) is 6.90. The summed E-state index contributed by atoms with van der Waals surface area (Å²) in [6.45, 7) is 1.76. The first-order valence-electron chi connectivity index (χ1n) is 10.1. The molecule has 0 atom stereocenters. The van der Waals surface area contributed by atoms with Crippen molar-refractivity contribution in [2.45, 2.75) is 13.3 Å². The molecule has 0 fully saturated rings. The van der Waals surface area contributed by atoms with Gasteiger partial charge < -0.3 is 24.4 Å². The van der Waals surface area contributed by atoms with Gasteiger partial charge in [-0.2, -0.15) is 0 Å². The molecule has 0 aliphatic heterocycles. The molecule has 2 N–H and O–H groups in total. The van der Waals surface area contributed by atoms with Crippen molar-refractivity contribution < 1.29 is 38.8 Å². The Hall–Kier alpha value is -4.07. The lowest BCUT2D eigenvalue weighted by molar-refractivity contribution is -0.147. The third kappa shape index (κ3) is 7.24. The molecule has 2 aromatic rings. The molecule has 0 aliphatic rings. The first-order valence-corrected chi connectivity index (χ1v) is 10.1. The van der Waals surface area contributed by atoms with Crippen molar-refractivity contribution in [2.75, 3.05) is 20.8 Å². The normalized spacial score (nSPS) is 12.0. The lowest BCUT2D eigenvalue weighted by atomic mass is 9.93. The number of phenolic OH excluding ortho intramolecular Hbond substituents is 2. The van der Waals surface area contributed by atoms with Gasteiger partial charge in [0.05, 0.1) is 33.2 Å². The van der Waals surface area contributed by atoms with Gasteiger partial charge in [0.15, 0.2) is 34.6 Å². The summed E-state index contributed by atoms with van der Waals surface area (Å²) in [5.74, 6) is -2.72. The molecule has 0 unspecified atom stereocenters. The van der Waals surface area contributed by atoms with Gasteiger partial charge in [0.2, 0.25) is 0 Å². The van der Waals surface area contributed by atoms with Gasteiger partial charge in [0, 0.05) is 0 Å². The molecule has 0 spiro atoms. The number of ether oxygens (including phenoxy) is 3. The van der Waals surface area contributed by atoms with Gasteiger partial charge in [-0.05, 0) is 54.5 Å². The van der Waals surface area contributed by atoms with E-state index in [1.54, 1.807) is 19.1 Å². The van der Waals surface area contributed by atoms with Crippen LogP contribution in [0.4, 0.5) is 0 Å². The number of benzene rings is 2. The second-order valence-corrected chi connectivity index (χ2v) is 6.90. The van der Waals surface area contributed by atoms with E-state index >= 15 is 0 Å². The highest BCUT2D eigenvalue weighted by molar-refractivity contribution is 6.15. The van der Waals surface area contributed by atoms with Crippen LogP contribution in [0.15, 0.2) is 48.6 Å². The van der Waals surface area contributed by atoms with Crippen LogP contribution in [0.5, 0.6) is 23.0 Å². The molecular weight excluding hydrogens is 428 g/mol. The number of aromatic hydroxyl groups is 2. The molecule has 0 radical (unpaired) electrons. The molecule has 2 rings (SSSR count). The van der Waals surface area contributed by atoms with E-state index in [1.807, 2.05) is 0 Å². The van der Waals surface area contributed by atoms with Crippen LogP contribution >= 0.6 is 0 Å². The van der Waals surface area contributed by atoms with E-state index in [0.717, 1.165) is 0 Å². The Morgan fingerprint density at radius 2 is 1.30 bits per heavy atom. The minimum atomic E-state index is -1.27. The SMILES string of the molecule is CCOC(=O)CC(C(=O)C=Cc1ccc(O)c(OC)c1)C(=O)C=Cc1ccc(O)c(OC)c1. The summed E-state index contributed by atoms with van der Waals surface area (Å²) in [5.41, 5.74) is 1.12. The summed E-state index contributed by atoms with van der Waals surface area (Å²) in [6, 6.07) is 9.03. The molecular formula is C25H26O8. The molecule has 0 amide bonds. The highest BCUT2D eigenvalue weighted by Gasteiger charge is 2.26. The van der Waals surface area contributed by atoms with Crippen LogP contribution in [-0.2, 0) is 19.1 Å². The van der Waals surface area contributed by atoms with E-state index in [-0.39, 0.29) is 29.6 Å². The molecule has 0 saturated carbocycles. The average molecular weight is 454 g/mol. The topological polar surface area (TPSA) is 119 Å². The van der Waals surface area contributed by atoms with Crippen LogP contribution in [0, 0.1) is 5.92 Å². The molecule has 0 heterocycles. The smallest absolute Gasteiger partial charge is 0.306 e. The van der Waals surface area contributed by atoms with Crippen molar-refractivity contribution in [3.8, 4) is 23.0 Å². The van der Waals surface area contributed by atoms with Crippen LogP contribution in [-0.4, -0.2) is 48.6 Å². The molecule has 0 aromatic heterocycles. The lowest BCUT2D eigenvalue weighted by Crippen LogP contribution is -2.25. The number of hydrogen-bond acceptors (Lipinski definition) is 8. The fourth-order valence-corrected chi connectivity index (χ4v) is 2.91. The molecule has 0 bridgehead atoms. The van der Waals surface area contributed by atoms with Crippen LogP contribution in [0.25, 0.3) is 12.2 Å². The molecule has 8 nitrogen and oxygen atoms in total. The Labute approximate surface area is 191 Å². The lowest BCUT2D eigenvalue weighted by Gasteiger charge is -2.10. The standard InChI is InChI=1S/C25H26O8/c1-4-33-25(30)15-18(19(26)9-5-16-7-11-21(28)23(13-16)31-2)20(27)10-6-17-8-12-22(29)24(14-17)32-3/h5-14,18,28-29H,4,15H2,1-3H3. The summed E-state index contributed by atoms with van der Waals surface area (Å²) in [6.07, 6.45) is 4.92. The second kappa shape index (κ2) is 12.1. The van der Waals surface area contributed by atoms with E-state index < -0.39 is 29.9 Å². The molecule has 8 heteroatoms. The Morgan fingerprint density at radius 3 is 1.70 bits per heavy atom. The zero-order valence-electron chi connectivity index (χ0n) is 18.6. The third-order valence-corrected chi connectivity index (χ3v) is 4.65. The maximum Gasteiger partial charge on any atom is 0.306 e. The van der Waals surface area contributed by atoms with Crippen LogP contribution in [0.1, 0.15) is 24.5 Å². The molecule has 174 valence electrons. The number of rotatable bonds is 11. The zero-order chi connectivity index (χ0) is 24.4. The van der Waals surface area contributed by atoms with Crippen molar-refractivity contribution in [3.63, 3.8) is 0 Å². The Bertz CT molecular complexity index is 993. The van der Waals surface area contributed by atoms with Crippen LogP contribution in [0.3, 0.4) is 0 Å². The third-order valence-electron chi connectivity index (χ3n) is 4.65. The summed E-state index contributed by atoms with van der Waals surface area (Å²) >= 11 is 0. The Kier molecular flexibility index (Phi) is 9.23. The molecule has 0 aliphatic carbocycles. The first kappa shape index (κ1) is 25.2. The number of phenols is 2. The van der Waals surface area contributed by atoms with Crippen molar-refractivity contribution in [1.29, 1.82) is 0 Å². The van der Waals surface area contributed by atoms with Crippen molar-refractivity contribution in [1.82, 2.24) is 0 Å². The number of hydrogen-bond donors (Lipinski definition) is 2. The highest BCUT2D eigenvalue weighted by Crippen LogP contribution is 2.28. The number of carbonyl (C=O) groups is 3. The van der Waals surface area contributed by atoms with Gasteiger partial charge in [-0.25, -0.2) is 0 Å². The molecule has 33 heavy (non-hydrogen) atoms. The van der Waals surface area contributed by atoms with Gasteiger partial charge in [-0.3, -0.25) is 14.4 Å². The maximum absolute atomic E-state index is 12.8. The van der Waals surface area contributed by atoms with E-state index in [2.05, 4.69) is 0 Å². The number of methoxy groups -OCH3 is 2. The summed E-state index contributed by atoms with van der Waals surface area (Å²) in [4.78, 5) is 37.6. The summed E-state index contributed by atoms with van der Waals surface area (Å²) in [5, 5.41) is 19.4. The summed E-state index contributed by atoms with van der Waals surface area (Å²) in [7, 11) is 2.80. The minimum absolute atomic E-state index is 0.0488. The predicted molar refractivity (Wildman–Crippen MR) is 122 cm³/mol. The zero-order valence-corrected chi connectivity index (χ0v) is 18.6. The molecule has 0 saturated heterocycles.